The van der Waals surface area contributed by atoms with Crippen LogP contribution in [0.2, 0.25) is 15.1 Å². The van der Waals surface area contributed by atoms with Crippen molar-refractivity contribution in [2.75, 3.05) is 4.72 Å². The topological polar surface area (TPSA) is 66.4 Å². The summed E-state index contributed by atoms with van der Waals surface area (Å²) in [6, 6.07) is 8.36. The average Bonchev–Trinajstić information content (AvgIpc) is 2.38. The predicted octanol–water partition coefficient (Wildman–Crippen LogP) is 4.15. The number of sulfonamides is 1. The van der Waals surface area contributed by atoms with Crippen LogP contribution in [0.25, 0.3) is 0 Å². The van der Waals surface area contributed by atoms with Crippen molar-refractivity contribution in [1.29, 1.82) is 0 Å². The number of nitrogens with one attached hydrogen (secondary N) is 1. The van der Waals surface area contributed by atoms with Gasteiger partial charge in [0.1, 0.15) is 0 Å². The van der Waals surface area contributed by atoms with Gasteiger partial charge in [-0.05, 0) is 36.4 Å². The first-order valence-corrected chi connectivity index (χ1v) is 7.88. The number of phenols is 1. The minimum atomic E-state index is -3.86. The minimum Gasteiger partial charge on any atom is -0.505 e. The predicted molar refractivity (Wildman–Crippen MR) is 80.4 cm³/mol. The maximum Gasteiger partial charge on any atom is 0.262 e. The summed E-state index contributed by atoms with van der Waals surface area (Å²) >= 11 is 17.1. The van der Waals surface area contributed by atoms with Crippen LogP contribution >= 0.6 is 34.8 Å². The van der Waals surface area contributed by atoms with E-state index in [1.165, 1.54) is 12.1 Å². The maximum atomic E-state index is 12.2. The number of benzene rings is 2. The Hall–Kier alpha value is -1.14. The smallest absolute Gasteiger partial charge is 0.262 e. The van der Waals surface area contributed by atoms with Gasteiger partial charge in [0, 0.05) is 10.7 Å². The van der Waals surface area contributed by atoms with Crippen LogP contribution in [0.15, 0.2) is 41.3 Å². The average molecular weight is 353 g/mol. The second-order valence-electron chi connectivity index (χ2n) is 3.85. The first kappa shape index (κ1) is 15.3. The molecule has 2 aromatic rings. The van der Waals surface area contributed by atoms with Gasteiger partial charge in [-0.25, -0.2) is 8.42 Å². The molecular weight excluding hydrogens is 345 g/mol. The lowest BCUT2D eigenvalue weighted by atomic mass is 10.3. The van der Waals surface area contributed by atoms with Crippen LogP contribution < -0.4 is 4.72 Å². The van der Waals surface area contributed by atoms with Crippen LogP contribution in [0.5, 0.6) is 5.75 Å². The Morgan fingerprint density at radius 2 is 1.45 bits per heavy atom. The summed E-state index contributed by atoms with van der Waals surface area (Å²) in [5.74, 6) is -0.362. The van der Waals surface area contributed by atoms with Gasteiger partial charge >= 0.3 is 0 Å². The number of hydrogen-bond acceptors (Lipinski definition) is 3. The molecule has 8 heteroatoms. The first-order chi connectivity index (χ1) is 9.29. The molecular formula is C12H8Cl3NO3S. The summed E-state index contributed by atoms with van der Waals surface area (Å²) < 4.78 is 26.7. The van der Waals surface area contributed by atoms with E-state index in [1.54, 1.807) is 12.1 Å². The van der Waals surface area contributed by atoms with Crippen LogP contribution in [0.4, 0.5) is 5.69 Å². The van der Waals surface area contributed by atoms with E-state index in [0.717, 1.165) is 12.1 Å². The van der Waals surface area contributed by atoms with E-state index < -0.39 is 10.0 Å². The van der Waals surface area contributed by atoms with E-state index in [1.807, 2.05) is 0 Å². The molecule has 0 amide bonds. The van der Waals surface area contributed by atoms with Gasteiger partial charge in [-0.1, -0.05) is 34.8 Å². The molecule has 2 aromatic carbocycles. The molecule has 0 bridgehead atoms. The number of halogens is 3. The Kier molecular flexibility index (Phi) is 4.34. The molecule has 0 saturated carbocycles. The quantitative estimate of drug-likeness (QED) is 0.872. The highest BCUT2D eigenvalue weighted by Crippen LogP contribution is 2.34. The van der Waals surface area contributed by atoms with Crippen molar-refractivity contribution in [1.82, 2.24) is 0 Å². The standard InChI is InChI=1S/C12H8Cl3NO3S/c13-7-1-3-8(4-2-7)16-20(18,19)9-5-10(14)12(17)11(15)6-9/h1-6,16-17H. The molecule has 0 radical (unpaired) electrons. The monoisotopic (exact) mass is 351 g/mol. The van der Waals surface area contributed by atoms with Crippen LogP contribution in [-0.4, -0.2) is 13.5 Å². The van der Waals surface area contributed by atoms with Crippen molar-refractivity contribution >= 4 is 50.5 Å². The summed E-state index contributed by atoms with van der Waals surface area (Å²) in [4.78, 5) is -0.153. The summed E-state index contributed by atoms with van der Waals surface area (Å²) in [6.45, 7) is 0. The third kappa shape index (κ3) is 3.30. The Morgan fingerprint density at radius 1 is 0.950 bits per heavy atom. The molecule has 0 saturated heterocycles. The summed E-state index contributed by atoms with van der Waals surface area (Å²) in [5.41, 5.74) is 0.342. The SMILES string of the molecule is O=S(=O)(Nc1ccc(Cl)cc1)c1cc(Cl)c(O)c(Cl)c1. The number of aromatic hydroxyl groups is 1. The van der Waals surface area contributed by atoms with Crippen molar-refractivity contribution < 1.29 is 13.5 Å². The van der Waals surface area contributed by atoms with Crippen molar-refractivity contribution in [3.05, 3.63) is 51.5 Å². The lowest BCUT2D eigenvalue weighted by Crippen LogP contribution is -2.12. The van der Waals surface area contributed by atoms with E-state index in [-0.39, 0.29) is 20.7 Å². The first-order valence-electron chi connectivity index (χ1n) is 5.26. The molecule has 4 nitrogen and oxygen atoms in total. The number of anilines is 1. The normalized spacial score (nSPS) is 11.3. The summed E-state index contributed by atoms with van der Waals surface area (Å²) in [5, 5.41) is 9.62. The van der Waals surface area contributed by atoms with Gasteiger partial charge in [0.25, 0.3) is 10.0 Å². The van der Waals surface area contributed by atoms with Gasteiger partial charge in [0.05, 0.1) is 14.9 Å². The third-order valence-corrected chi connectivity index (χ3v) is 4.59. The lowest BCUT2D eigenvalue weighted by molar-refractivity contribution is 0.475. The van der Waals surface area contributed by atoms with Crippen molar-refractivity contribution in [2.45, 2.75) is 4.90 Å². The fraction of sp³-hybridized carbons (Fsp3) is 0. The van der Waals surface area contributed by atoms with Crippen molar-refractivity contribution in [3.8, 4) is 5.75 Å². The molecule has 0 aliphatic carbocycles. The molecule has 0 atom stereocenters. The molecule has 0 heterocycles. The summed E-state index contributed by atoms with van der Waals surface area (Å²) in [6.07, 6.45) is 0. The minimum absolute atomic E-state index is 0.144. The molecule has 0 fully saturated rings. The van der Waals surface area contributed by atoms with Gasteiger partial charge in [-0.2, -0.15) is 0 Å². The Labute approximate surface area is 131 Å². The van der Waals surface area contributed by atoms with Gasteiger partial charge in [-0.15, -0.1) is 0 Å². The second kappa shape index (κ2) is 5.69. The Balaban J connectivity index is 2.38. The fourth-order valence-electron chi connectivity index (χ4n) is 1.43. The highest BCUT2D eigenvalue weighted by molar-refractivity contribution is 7.92. The third-order valence-electron chi connectivity index (χ3n) is 2.40. The van der Waals surface area contributed by atoms with Crippen molar-refractivity contribution in [3.63, 3.8) is 0 Å². The van der Waals surface area contributed by atoms with Gasteiger partial charge in [0.2, 0.25) is 0 Å². The van der Waals surface area contributed by atoms with E-state index in [2.05, 4.69) is 4.72 Å². The molecule has 0 unspecified atom stereocenters. The highest BCUT2D eigenvalue weighted by atomic mass is 35.5. The number of rotatable bonds is 3. The van der Waals surface area contributed by atoms with Gasteiger partial charge in [-0.3, -0.25) is 4.72 Å². The largest absolute Gasteiger partial charge is 0.505 e. The molecule has 0 aromatic heterocycles. The van der Waals surface area contributed by atoms with Gasteiger partial charge in [0.15, 0.2) is 5.75 Å². The molecule has 0 spiro atoms. The van der Waals surface area contributed by atoms with E-state index in [0.29, 0.717) is 10.7 Å². The van der Waals surface area contributed by atoms with Crippen LogP contribution in [0.3, 0.4) is 0 Å². The number of phenolic OH excluding ortho intramolecular Hbond substituents is 1. The maximum absolute atomic E-state index is 12.2. The van der Waals surface area contributed by atoms with E-state index >= 15 is 0 Å². The summed E-state index contributed by atoms with van der Waals surface area (Å²) in [7, 11) is -3.86. The molecule has 0 aliphatic heterocycles. The molecule has 106 valence electrons. The van der Waals surface area contributed by atoms with E-state index in [4.69, 9.17) is 34.8 Å². The Bertz CT molecular complexity index is 722. The molecule has 2 N–H and O–H groups in total. The zero-order chi connectivity index (χ0) is 14.9. The second-order valence-corrected chi connectivity index (χ2v) is 6.78. The van der Waals surface area contributed by atoms with Crippen LogP contribution in [0, 0.1) is 0 Å². The van der Waals surface area contributed by atoms with Crippen LogP contribution in [-0.2, 0) is 10.0 Å². The zero-order valence-electron chi connectivity index (χ0n) is 9.77. The fourth-order valence-corrected chi connectivity index (χ4v) is 3.28. The lowest BCUT2D eigenvalue weighted by Gasteiger charge is -2.09. The van der Waals surface area contributed by atoms with Gasteiger partial charge < -0.3 is 5.11 Å². The van der Waals surface area contributed by atoms with Crippen molar-refractivity contribution in [2.24, 2.45) is 0 Å². The molecule has 0 aliphatic rings. The zero-order valence-corrected chi connectivity index (χ0v) is 12.9. The number of hydrogen-bond donors (Lipinski definition) is 2. The molecule has 20 heavy (non-hydrogen) atoms. The van der Waals surface area contributed by atoms with E-state index in [9.17, 15) is 13.5 Å². The highest BCUT2D eigenvalue weighted by Gasteiger charge is 2.18. The molecule has 2 rings (SSSR count). The Morgan fingerprint density at radius 3 is 1.95 bits per heavy atom. The van der Waals surface area contributed by atoms with Crippen LogP contribution in [0.1, 0.15) is 0 Å².